The molecule has 0 N–H and O–H groups in total. The zero-order valence-corrected chi connectivity index (χ0v) is 23.3. The molecule has 2 unspecified atom stereocenters. The second-order valence-corrected chi connectivity index (χ2v) is 14.3. The Labute approximate surface area is 236 Å². The molecule has 2 aromatic rings. The maximum absolute atomic E-state index is 14.9. The summed E-state index contributed by atoms with van der Waals surface area (Å²) in [5.74, 6) is 0.580. The van der Waals surface area contributed by atoms with Crippen LogP contribution in [-0.2, 0) is 25.0 Å². The number of ether oxygens (including phenoxy) is 1. The lowest BCUT2D eigenvalue weighted by Gasteiger charge is -2.44. The molecule has 0 saturated carbocycles. The topological polar surface area (TPSA) is 63.7 Å². The van der Waals surface area contributed by atoms with Crippen LogP contribution in [0.2, 0.25) is 0 Å². The van der Waals surface area contributed by atoms with Crippen molar-refractivity contribution in [1.82, 2.24) is 4.90 Å². The molecule has 14 heteroatoms. The Morgan fingerprint density at radius 2 is 1.56 bits per heavy atom. The van der Waals surface area contributed by atoms with Gasteiger partial charge in [-0.25, -0.2) is 12.8 Å². The van der Waals surface area contributed by atoms with Gasteiger partial charge in [-0.3, -0.25) is 4.79 Å². The quantitative estimate of drug-likeness (QED) is 0.381. The van der Waals surface area contributed by atoms with E-state index in [1.165, 1.54) is 29.2 Å². The highest BCUT2D eigenvalue weighted by Crippen LogP contribution is 2.57. The molecule has 5 nitrogen and oxygen atoms in total. The summed E-state index contributed by atoms with van der Waals surface area (Å²) in [6.07, 6.45) is -11.8. The van der Waals surface area contributed by atoms with Crippen molar-refractivity contribution in [2.75, 3.05) is 24.7 Å². The van der Waals surface area contributed by atoms with Crippen molar-refractivity contribution < 1.29 is 48.7 Å². The molecule has 0 aliphatic carbocycles. The number of amides is 1. The van der Waals surface area contributed by atoms with Gasteiger partial charge in [0.15, 0.2) is 9.84 Å². The first-order valence-corrected chi connectivity index (χ1v) is 15.4. The standard InChI is InChI=1S/C27H26F7NO4S2/c1-23(10-13-40-14-11-23)22(36)35-12-9-24(41(37,38)18-5-3-2-4-6-18)19-8-7-17(15-20(19)39-16-21(24)35)25(28,26(29,30)31)27(32,33)34/h2-8,15,21H,9-14,16H2,1H3. The minimum absolute atomic E-state index is 0.0268. The minimum atomic E-state index is -6.35. The van der Waals surface area contributed by atoms with Crippen molar-refractivity contribution in [2.24, 2.45) is 5.41 Å². The summed E-state index contributed by atoms with van der Waals surface area (Å²) in [5, 5.41) is 0. The third-order valence-corrected chi connectivity index (χ3v) is 12.1. The SMILES string of the molecule is CC1(C(=O)N2CCC3(S(=O)(=O)c4ccccc4)c4ccc(C(F)(C(F)(F)F)C(F)(F)F)cc4OCC23)CCSCC1. The summed E-state index contributed by atoms with van der Waals surface area (Å²) < 4.78 is 128. The number of sulfone groups is 1. The van der Waals surface area contributed by atoms with Gasteiger partial charge in [-0.15, -0.1) is 0 Å². The predicted molar refractivity (Wildman–Crippen MR) is 137 cm³/mol. The highest BCUT2D eigenvalue weighted by atomic mass is 32.2. The fourth-order valence-electron chi connectivity index (χ4n) is 6.16. The molecule has 0 bridgehead atoms. The first kappa shape index (κ1) is 30.0. The molecule has 3 heterocycles. The number of rotatable bonds is 4. The molecule has 41 heavy (non-hydrogen) atoms. The maximum Gasteiger partial charge on any atom is 0.435 e. The van der Waals surface area contributed by atoms with E-state index in [4.69, 9.17) is 4.74 Å². The first-order chi connectivity index (χ1) is 19.0. The van der Waals surface area contributed by atoms with Crippen LogP contribution in [0.25, 0.3) is 0 Å². The molecular weight excluding hydrogens is 599 g/mol. The highest BCUT2D eigenvalue weighted by molar-refractivity contribution is 7.99. The van der Waals surface area contributed by atoms with E-state index in [1.807, 2.05) is 0 Å². The molecule has 3 aliphatic rings. The number of thioether (sulfide) groups is 1. The Morgan fingerprint density at radius 1 is 0.951 bits per heavy atom. The van der Waals surface area contributed by atoms with Gasteiger partial charge < -0.3 is 9.64 Å². The smallest absolute Gasteiger partial charge is 0.435 e. The van der Waals surface area contributed by atoms with Crippen LogP contribution in [0.3, 0.4) is 0 Å². The van der Waals surface area contributed by atoms with Gasteiger partial charge in [-0.1, -0.05) is 37.3 Å². The van der Waals surface area contributed by atoms with Gasteiger partial charge in [0.2, 0.25) is 5.91 Å². The molecule has 0 spiro atoms. The summed E-state index contributed by atoms with van der Waals surface area (Å²) in [6, 6.07) is 7.41. The van der Waals surface area contributed by atoms with Crippen molar-refractivity contribution in [1.29, 1.82) is 0 Å². The number of hydrogen-bond acceptors (Lipinski definition) is 5. The van der Waals surface area contributed by atoms with Gasteiger partial charge in [-0.2, -0.15) is 38.1 Å². The van der Waals surface area contributed by atoms with Crippen molar-refractivity contribution >= 4 is 27.5 Å². The molecule has 5 rings (SSSR count). The highest BCUT2D eigenvalue weighted by Gasteiger charge is 2.74. The third kappa shape index (κ3) is 4.33. The summed E-state index contributed by atoms with van der Waals surface area (Å²) in [4.78, 5) is 15.2. The lowest BCUT2D eigenvalue weighted by Crippen LogP contribution is -2.57. The maximum atomic E-state index is 14.9. The largest absolute Gasteiger partial charge is 0.491 e. The summed E-state index contributed by atoms with van der Waals surface area (Å²) >= 11 is 1.70. The lowest BCUT2D eigenvalue weighted by molar-refractivity contribution is -0.348. The molecule has 224 valence electrons. The molecular formula is C27H26F7NO4S2. The van der Waals surface area contributed by atoms with E-state index >= 15 is 0 Å². The molecule has 1 amide bonds. The van der Waals surface area contributed by atoms with Gasteiger partial charge in [0, 0.05) is 23.1 Å². The van der Waals surface area contributed by atoms with E-state index in [1.54, 1.807) is 24.8 Å². The Hall–Kier alpha value is -2.48. The Bertz CT molecular complexity index is 1430. The van der Waals surface area contributed by atoms with E-state index in [-0.39, 0.29) is 35.4 Å². The number of nitrogens with zero attached hydrogens (tertiary/aromatic N) is 1. The number of carbonyl (C=O) groups is 1. The number of alkyl halides is 7. The lowest BCUT2D eigenvalue weighted by atomic mass is 9.81. The number of benzene rings is 2. The number of halogens is 7. The number of hydrogen-bond donors (Lipinski definition) is 0. The van der Waals surface area contributed by atoms with Crippen LogP contribution < -0.4 is 4.74 Å². The van der Waals surface area contributed by atoms with Gasteiger partial charge in [0.25, 0.3) is 0 Å². The average molecular weight is 626 g/mol. The zero-order valence-electron chi connectivity index (χ0n) is 21.7. The van der Waals surface area contributed by atoms with E-state index in [0.717, 1.165) is 17.6 Å². The molecule has 2 aromatic carbocycles. The predicted octanol–water partition coefficient (Wildman–Crippen LogP) is 6.17. The van der Waals surface area contributed by atoms with Crippen molar-refractivity contribution in [3.05, 3.63) is 59.7 Å². The Morgan fingerprint density at radius 3 is 2.15 bits per heavy atom. The van der Waals surface area contributed by atoms with Crippen molar-refractivity contribution in [3.63, 3.8) is 0 Å². The Balaban J connectivity index is 1.68. The van der Waals surface area contributed by atoms with Crippen molar-refractivity contribution in [2.45, 2.75) is 59.9 Å². The third-order valence-electron chi connectivity index (χ3n) is 8.56. The van der Waals surface area contributed by atoms with Gasteiger partial charge in [-0.05, 0) is 49.0 Å². The average Bonchev–Trinajstić information content (AvgIpc) is 3.33. The number of carbonyl (C=O) groups excluding carboxylic acids is 1. The number of fused-ring (bicyclic) bond motifs is 3. The monoisotopic (exact) mass is 625 g/mol. The van der Waals surface area contributed by atoms with E-state index < -0.39 is 62.0 Å². The van der Waals surface area contributed by atoms with Crippen LogP contribution in [0.5, 0.6) is 5.75 Å². The molecule has 0 radical (unpaired) electrons. The molecule has 3 aliphatic heterocycles. The van der Waals surface area contributed by atoms with Gasteiger partial charge >= 0.3 is 18.0 Å². The molecule has 2 fully saturated rings. The second kappa shape index (κ2) is 9.78. The van der Waals surface area contributed by atoms with Gasteiger partial charge in [0.1, 0.15) is 17.1 Å². The van der Waals surface area contributed by atoms with Crippen LogP contribution in [0.15, 0.2) is 53.4 Å². The summed E-state index contributed by atoms with van der Waals surface area (Å²) in [7, 11) is -4.41. The Kier molecular flexibility index (Phi) is 7.16. The minimum Gasteiger partial charge on any atom is -0.491 e. The fraction of sp³-hybridized carbons (Fsp3) is 0.519. The van der Waals surface area contributed by atoms with Crippen LogP contribution in [-0.4, -0.2) is 62.3 Å². The summed E-state index contributed by atoms with van der Waals surface area (Å²) in [6.45, 7) is 1.26. The van der Waals surface area contributed by atoms with Gasteiger partial charge in [0.05, 0.1) is 10.9 Å². The first-order valence-electron chi connectivity index (χ1n) is 12.8. The molecule has 2 atom stereocenters. The fourth-order valence-corrected chi connectivity index (χ4v) is 9.86. The molecule has 2 saturated heterocycles. The molecule has 0 aromatic heterocycles. The van der Waals surface area contributed by atoms with Crippen LogP contribution in [0, 0.1) is 5.41 Å². The van der Waals surface area contributed by atoms with Crippen LogP contribution in [0.1, 0.15) is 37.3 Å². The van der Waals surface area contributed by atoms with E-state index in [2.05, 4.69) is 0 Å². The van der Waals surface area contributed by atoms with Crippen LogP contribution >= 0.6 is 11.8 Å². The zero-order chi connectivity index (χ0) is 30.1. The second-order valence-electron chi connectivity index (χ2n) is 10.8. The summed E-state index contributed by atoms with van der Waals surface area (Å²) in [5.41, 5.74) is -8.48. The number of likely N-dealkylation sites (tertiary alicyclic amines) is 1. The van der Waals surface area contributed by atoms with E-state index in [9.17, 15) is 43.9 Å². The van der Waals surface area contributed by atoms with Crippen molar-refractivity contribution in [3.8, 4) is 5.75 Å². The van der Waals surface area contributed by atoms with Crippen LogP contribution in [0.4, 0.5) is 30.7 Å². The normalized spacial score (nSPS) is 24.8. The van der Waals surface area contributed by atoms with E-state index in [0.29, 0.717) is 18.9 Å².